The number of halogens is 1. The lowest BCUT2D eigenvalue weighted by atomic mass is 10.1. The number of anilines is 2. The lowest BCUT2D eigenvalue weighted by molar-refractivity contribution is 0.250. The minimum Gasteiger partial charge on any atom is -0.368 e. The normalized spacial score (nSPS) is 15.4. The number of piperazine rings is 1. The number of hydrogen-bond donors (Lipinski definition) is 2. The third-order valence-electron chi connectivity index (χ3n) is 5.34. The van der Waals surface area contributed by atoms with Crippen molar-refractivity contribution in [3.8, 4) is 0 Å². The van der Waals surface area contributed by atoms with Crippen molar-refractivity contribution in [1.29, 1.82) is 0 Å². The van der Waals surface area contributed by atoms with E-state index >= 15 is 0 Å². The van der Waals surface area contributed by atoms with Crippen LogP contribution < -0.4 is 15.4 Å². The van der Waals surface area contributed by atoms with Gasteiger partial charge in [-0.1, -0.05) is 23.7 Å². The molecule has 28 heavy (non-hydrogen) atoms. The Balaban J connectivity index is 1.53. The van der Waals surface area contributed by atoms with Crippen LogP contribution in [0.15, 0.2) is 29.1 Å². The number of aromatic nitrogens is 3. The molecule has 148 valence electrons. The molecule has 0 amide bonds. The van der Waals surface area contributed by atoms with Gasteiger partial charge in [-0.25, -0.2) is 0 Å². The molecule has 4 rings (SSSR count). The van der Waals surface area contributed by atoms with Crippen molar-refractivity contribution in [2.24, 2.45) is 0 Å². The number of nitrogens with zero attached hydrogens (tertiary/aromatic N) is 4. The molecule has 2 N–H and O–H groups in total. The van der Waals surface area contributed by atoms with Crippen molar-refractivity contribution in [3.63, 3.8) is 0 Å². The molecule has 1 aliphatic rings. The highest BCUT2D eigenvalue weighted by Gasteiger charge is 2.22. The summed E-state index contributed by atoms with van der Waals surface area (Å²) < 4.78 is 0. The summed E-state index contributed by atoms with van der Waals surface area (Å²) >= 11 is 6.34. The van der Waals surface area contributed by atoms with E-state index in [1.54, 1.807) is 4.90 Å². The van der Waals surface area contributed by atoms with Crippen molar-refractivity contribution >= 4 is 34.3 Å². The van der Waals surface area contributed by atoms with Crippen LogP contribution in [-0.4, -0.2) is 60.1 Å². The van der Waals surface area contributed by atoms with Gasteiger partial charge in [0.15, 0.2) is 0 Å². The van der Waals surface area contributed by atoms with Gasteiger partial charge in [0, 0.05) is 58.1 Å². The fourth-order valence-electron chi connectivity index (χ4n) is 3.76. The van der Waals surface area contributed by atoms with E-state index in [0.717, 1.165) is 54.7 Å². The predicted octanol–water partition coefficient (Wildman–Crippen LogP) is 2.60. The number of rotatable bonds is 4. The van der Waals surface area contributed by atoms with Gasteiger partial charge in [0.05, 0.1) is 16.1 Å². The molecule has 0 aliphatic carbocycles. The Morgan fingerprint density at radius 2 is 1.86 bits per heavy atom. The van der Waals surface area contributed by atoms with E-state index < -0.39 is 0 Å². The minimum atomic E-state index is -0.0947. The van der Waals surface area contributed by atoms with Gasteiger partial charge in [-0.15, -0.1) is 0 Å². The highest BCUT2D eigenvalue weighted by Crippen LogP contribution is 2.27. The third-order valence-corrected chi connectivity index (χ3v) is 5.66. The van der Waals surface area contributed by atoms with Crippen LogP contribution in [0.5, 0.6) is 0 Å². The first kappa shape index (κ1) is 18.8. The Labute approximate surface area is 168 Å². The molecule has 1 fully saturated rings. The van der Waals surface area contributed by atoms with Gasteiger partial charge in [-0.2, -0.15) is 4.98 Å². The molecule has 2 aromatic heterocycles. The van der Waals surface area contributed by atoms with Crippen LogP contribution in [0, 0.1) is 6.92 Å². The summed E-state index contributed by atoms with van der Waals surface area (Å²) in [5.41, 5.74) is 3.67. The topological polar surface area (TPSA) is 71.3 Å². The van der Waals surface area contributed by atoms with Gasteiger partial charge in [0.1, 0.15) is 5.65 Å². The maximum absolute atomic E-state index is 12.7. The molecule has 8 heteroatoms. The smallest absolute Gasteiger partial charge is 0.262 e. The Morgan fingerprint density at radius 1 is 1.14 bits per heavy atom. The van der Waals surface area contributed by atoms with Crippen molar-refractivity contribution in [2.75, 3.05) is 50.1 Å². The molecule has 0 spiro atoms. The maximum atomic E-state index is 12.7. The first-order valence-electron chi connectivity index (χ1n) is 9.44. The Morgan fingerprint density at radius 3 is 2.54 bits per heavy atom. The molecule has 3 aromatic rings. The van der Waals surface area contributed by atoms with Gasteiger partial charge < -0.3 is 14.8 Å². The number of hydrogen-bond acceptors (Lipinski definition) is 5. The summed E-state index contributed by atoms with van der Waals surface area (Å²) in [6, 6.07) is 7.97. The minimum absolute atomic E-state index is 0.0947. The van der Waals surface area contributed by atoms with E-state index in [2.05, 4.69) is 30.8 Å². The lowest BCUT2D eigenvalue weighted by Gasteiger charge is -2.36. The number of para-hydroxylation sites is 1. The molecular weight excluding hydrogens is 376 g/mol. The van der Waals surface area contributed by atoms with Crippen LogP contribution >= 0.6 is 11.6 Å². The average Bonchev–Trinajstić information content (AvgIpc) is 2.98. The molecule has 1 aromatic carbocycles. The zero-order chi connectivity index (χ0) is 19.8. The van der Waals surface area contributed by atoms with Gasteiger partial charge in [0.25, 0.3) is 5.56 Å². The maximum Gasteiger partial charge on any atom is 0.262 e. The van der Waals surface area contributed by atoms with Crippen molar-refractivity contribution in [3.05, 3.63) is 50.9 Å². The Hall–Kier alpha value is -2.51. The zero-order valence-electron chi connectivity index (χ0n) is 16.4. The number of fused-ring (bicyclic) bond motifs is 1. The monoisotopic (exact) mass is 400 g/mol. The van der Waals surface area contributed by atoms with E-state index in [1.165, 1.54) is 0 Å². The number of benzene rings is 1. The average molecular weight is 401 g/mol. The summed E-state index contributed by atoms with van der Waals surface area (Å²) in [6.07, 6.45) is 0. The van der Waals surface area contributed by atoms with E-state index in [-0.39, 0.29) is 5.56 Å². The second-order valence-corrected chi connectivity index (χ2v) is 7.86. The molecule has 0 bridgehead atoms. The van der Waals surface area contributed by atoms with Crippen LogP contribution in [-0.2, 0) is 6.54 Å². The molecule has 0 radical (unpaired) electrons. The molecule has 0 unspecified atom stereocenters. The van der Waals surface area contributed by atoms with Gasteiger partial charge >= 0.3 is 0 Å². The number of aromatic amines is 2. The first-order chi connectivity index (χ1) is 13.4. The highest BCUT2D eigenvalue weighted by atomic mass is 35.5. The second kappa shape index (κ2) is 7.48. The number of nitrogens with one attached hydrogen (secondary N) is 2. The fourth-order valence-corrected chi connectivity index (χ4v) is 4.02. The summed E-state index contributed by atoms with van der Waals surface area (Å²) in [5, 5.41) is 1.45. The SMILES string of the molecule is Cc1[nH]c2nc(N(C)C)[nH]c(=O)c2c1CN1CCN(c2ccccc2Cl)CC1. The lowest BCUT2D eigenvalue weighted by Crippen LogP contribution is -2.46. The Bertz CT molecular complexity index is 1050. The van der Waals surface area contributed by atoms with E-state index in [9.17, 15) is 4.79 Å². The third kappa shape index (κ3) is 3.47. The summed E-state index contributed by atoms with van der Waals surface area (Å²) in [5.74, 6) is 0.554. The fraction of sp³-hybridized carbons (Fsp3) is 0.400. The van der Waals surface area contributed by atoms with E-state index in [0.29, 0.717) is 17.0 Å². The van der Waals surface area contributed by atoms with Crippen molar-refractivity contribution in [1.82, 2.24) is 19.9 Å². The van der Waals surface area contributed by atoms with Crippen molar-refractivity contribution in [2.45, 2.75) is 13.5 Å². The number of H-pyrrole nitrogens is 2. The van der Waals surface area contributed by atoms with Crippen LogP contribution in [0.1, 0.15) is 11.3 Å². The first-order valence-corrected chi connectivity index (χ1v) is 9.82. The Kier molecular flexibility index (Phi) is 5.03. The molecule has 0 saturated carbocycles. The quantitative estimate of drug-likeness (QED) is 0.704. The largest absolute Gasteiger partial charge is 0.368 e. The highest BCUT2D eigenvalue weighted by molar-refractivity contribution is 6.33. The van der Waals surface area contributed by atoms with Gasteiger partial charge in [-0.3, -0.25) is 14.7 Å². The van der Waals surface area contributed by atoms with Crippen LogP contribution in [0.25, 0.3) is 11.0 Å². The molecule has 0 atom stereocenters. The predicted molar refractivity (Wildman–Crippen MR) is 115 cm³/mol. The summed E-state index contributed by atoms with van der Waals surface area (Å²) in [7, 11) is 3.72. The van der Waals surface area contributed by atoms with Gasteiger partial charge in [-0.05, 0) is 19.1 Å². The standard InChI is InChI=1S/C20H25ClN6O/c1-13-14(17-18(22-13)23-20(25(2)3)24-19(17)28)12-26-8-10-27(11-9-26)16-7-5-4-6-15(16)21/h4-7H,8-12H2,1-3H3,(H2,22,23,24,28). The van der Waals surface area contributed by atoms with E-state index in [1.807, 2.05) is 39.2 Å². The molecule has 1 saturated heterocycles. The van der Waals surface area contributed by atoms with Crippen molar-refractivity contribution < 1.29 is 0 Å². The summed E-state index contributed by atoms with van der Waals surface area (Å²) in [6.45, 7) is 6.38. The van der Waals surface area contributed by atoms with Crippen LogP contribution in [0.2, 0.25) is 5.02 Å². The molecule has 7 nitrogen and oxygen atoms in total. The van der Waals surface area contributed by atoms with Crippen LogP contribution in [0.4, 0.5) is 11.6 Å². The van der Waals surface area contributed by atoms with E-state index in [4.69, 9.17) is 11.6 Å². The van der Waals surface area contributed by atoms with Gasteiger partial charge in [0.2, 0.25) is 5.95 Å². The summed E-state index contributed by atoms with van der Waals surface area (Å²) in [4.78, 5) is 29.9. The molecular formula is C20H25ClN6O. The van der Waals surface area contributed by atoms with Crippen LogP contribution in [0.3, 0.4) is 0 Å². The number of aryl methyl sites for hydroxylation is 1. The molecule has 3 heterocycles. The zero-order valence-corrected chi connectivity index (χ0v) is 17.2. The molecule has 1 aliphatic heterocycles. The second-order valence-electron chi connectivity index (χ2n) is 7.45.